The molecule has 1 N–H and O–H groups in total. The molecule has 0 amide bonds. The average Bonchev–Trinajstić information content (AvgIpc) is 2.60. The third kappa shape index (κ3) is 5.46. The molecule has 0 aromatic carbocycles. The normalized spacial score (nSPS) is 10.2. The van der Waals surface area contributed by atoms with E-state index in [2.05, 4.69) is 50.9 Å². The lowest BCUT2D eigenvalue weighted by molar-refractivity contribution is 0.886. The summed E-state index contributed by atoms with van der Waals surface area (Å²) in [5.74, 6) is 0. The number of aromatic nitrogens is 1. The monoisotopic (exact) mass is 209 g/mol. The van der Waals surface area contributed by atoms with Crippen LogP contribution in [-0.2, 0) is 6.42 Å². The smallest absolute Gasteiger partial charge is 0.0219 e. The number of allylic oxidation sites excluding steroid dienone is 1. The van der Waals surface area contributed by atoms with Crippen LogP contribution in [0.2, 0.25) is 0 Å². The van der Waals surface area contributed by atoms with Crippen molar-refractivity contribution >= 4 is 6.08 Å². The van der Waals surface area contributed by atoms with Gasteiger partial charge >= 0.3 is 0 Å². The van der Waals surface area contributed by atoms with E-state index < -0.39 is 0 Å². The topological polar surface area (TPSA) is 15.8 Å². The van der Waals surface area contributed by atoms with Crippen molar-refractivity contribution in [1.82, 2.24) is 4.98 Å². The number of nitrogens with one attached hydrogen (secondary N) is 1. The van der Waals surface area contributed by atoms with E-state index in [1.807, 2.05) is 6.92 Å². The third-order valence-corrected chi connectivity index (χ3v) is 2.27. The SMILES string of the molecule is C/C=C\c1cc(C)[nH]c1CC.CCCC.[HH]. The first-order valence-electron chi connectivity index (χ1n) is 6.00. The molecular weight excluding hydrogens is 182 g/mol. The number of rotatable bonds is 3. The number of hydrogen-bond acceptors (Lipinski definition) is 0. The highest BCUT2D eigenvalue weighted by molar-refractivity contribution is 5.53. The summed E-state index contributed by atoms with van der Waals surface area (Å²) < 4.78 is 0. The van der Waals surface area contributed by atoms with Crippen LogP contribution < -0.4 is 0 Å². The number of unbranched alkanes of at least 4 members (excludes halogenated alkanes) is 1. The number of aryl methyl sites for hydroxylation is 2. The van der Waals surface area contributed by atoms with Crippen LogP contribution in [-0.4, -0.2) is 4.98 Å². The summed E-state index contributed by atoms with van der Waals surface area (Å²) in [4.78, 5) is 3.33. The van der Waals surface area contributed by atoms with Gasteiger partial charge < -0.3 is 4.98 Å². The summed E-state index contributed by atoms with van der Waals surface area (Å²) in [7, 11) is 0. The molecule has 0 saturated heterocycles. The van der Waals surface area contributed by atoms with Crippen molar-refractivity contribution in [2.24, 2.45) is 0 Å². The number of H-pyrrole nitrogens is 1. The Morgan fingerprint density at radius 2 is 1.87 bits per heavy atom. The molecule has 0 spiro atoms. The molecule has 0 atom stereocenters. The minimum absolute atomic E-state index is 0. The largest absolute Gasteiger partial charge is 0.362 e. The average molecular weight is 209 g/mol. The molecule has 1 heterocycles. The molecule has 1 nitrogen and oxygen atoms in total. The molecule has 1 heteroatoms. The zero-order valence-electron chi connectivity index (χ0n) is 10.9. The van der Waals surface area contributed by atoms with Crippen LogP contribution in [0.5, 0.6) is 0 Å². The van der Waals surface area contributed by atoms with E-state index in [9.17, 15) is 0 Å². The molecule has 0 unspecified atom stereocenters. The van der Waals surface area contributed by atoms with Crippen molar-refractivity contribution in [3.8, 4) is 0 Å². The Kier molecular flexibility index (Phi) is 7.79. The zero-order valence-corrected chi connectivity index (χ0v) is 10.9. The number of aromatic amines is 1. The first kappa shape index (κ1) is 14.0. The highest BCUT2D eigenvalue weighted by atomic mass is 14.7. The predicted molar refractivity (Wildman–Crippen MR) is 72.3 cm³/mol. The summed E-state index contributed by atoms with van der Waals surface area (Å²) in [5, 5.41) is 0. The molecule has 1 aromatic rings. The van der Waals surface area contributed by atoms with E-state index in [0.29, 0.717) is 0 Å². The summed E-state index contributed by atoms with van der Waals surface area (Å²) in [6.45, 7) is 10.7. The van der Waals surface area contributed by atoms with Gasteiger partial charge in [-0.3, -0.25) is 0 Å². The maximum atomic E-state index is 3.33. The minimum atomic E-state index is 0. The summed E-state index contributed by atoms with van der Waals surface area (Å²) in [6, 6.07) is 2.18. The Morgan fingerprint density at radius 3 is 2.27 bits per heavy atom. The van der Waals surface area contributed by atoms with Gasteiger partial charge in [0.1, 0.15) is 0 Å². The van der Waals surface area contributed by atoms with Crippen LogP contribution in [0.25, 0.3) is 6.08 Å². The van der Waals surface area contributed by atoms with Gasteiger partial charge in [-0.1, -0.05) is 45.8 Å². The van der Waals surface area contributed by atoms with E-state index >= 15 is 0 Å². The van der Waals surface area contributed by atoms with Crippen molar-refractivity contribution in [2.75, 3.05) is 0 Å². The second kappa shape index (κ2) is 8.34. The van der Waals surface area contributed by atoms with Crippen molar-refractivity contribution in [3.05, 3.63) is 29.1 Å². The lowest BCUT2D eigenvalue weighted by atomic mass is 10.2. The first-order valence-corrected chi connectivity index (χ1v) is 6.00. The van der Waals surface area contributed by atoms with Gasteiger partial charge in [0.05, 0.1) is 0 Å². The van der Waals surface area contributed by atoms with Crippen LogP contribution in [0, 0.1) is 6.92 Å². The standard InChI is InChI=1S/C10H15N.C4H10.H2/c1-4-6-9-7-8(3)11-10(9)5-2;1-3-4-2;/h4,6-7,11H,5H2,1-3H3;3-4H2,1-2H3;1H/b6-4-;;. The molecule has 1 aromatic heterocycles. The first-order chi connectivity index (χ1) is 7.19. The zero-order chi connectivity index (χ0) is 11.7. The molecule has 0 aliphatic carbocycles. The Balaban J connectivity index is 0. The van der Waals surface area contributed by atoms with Gasteiger partial charge in [0.15, 0.2) is 0 Å². The predicted octanol–water partition coefficient (Wildman–Crippen LogP) is 4.97. The van der Waals surface area contributed by atoms with Crippen molar-refractivity contribution < 1.29 is 1.43 Å². The van der Waals surface area contributed by atoms with E-state index in [-0.39, 0.29) is 1.43 Å². The second-order valence-electron chi connectivity index (χ2n) is 3.74. The van der Waals surface area contributed by atoms with E-state index in [1.165, 1.54) is 29.8 Å². The second-order valence-corrected chi connectivity index (χ2v) is 3.74. The molecule has 1 rings (SSSR count). The highest BCUT2D eigenvalue weighted by Gasteiger charge is 1.98. The fourth-order valence-electron chi connectivity index (χ4n) is 1.29. The maximum absolute atomic E-state index is 3.33. The summed E-state index contributed by atoms with van der Waals surface area (Å²) in [5.41, 5.74) is 3.91. The van der Waals surface area contributed by atoms with Crippen LogP contribution in [0.3, 0.4) is 0 Å². The van der Waals surface area contributed by atoms with Gasteiger partial charge in [-0.15, -0.1) is 0 Å². The van der Waals surface area contributed by atoms with Crippen LogP contribution in [0.1, 0.15) is 58.9 Å². The lowest BCUT2D eigenvalue weighted by Gasteiger charge is -1.92. The third-order valence-electron chi connectivity index (χ3n) is 2.27. The molecule has 0 saturated carbocycles. The fourth-order valence-corrected chi connectivity index (χ4v) is 1.29. The molecule has 0 aliphatic heterocycles. The van der Waals surface area contributed by atoms with Gasteiger partial charge in [-0.2, -0.15) is 0 Å². The van der Waals surface area contributed by atoms with Crippen molar-refractivity contribution in [2.45, 2.75) is 53.9 Å². The van der Waals surface area contributed by atoms with E-state index in [4.69, 9.17) is 0 Å². The minimum Gasteiger partial charge on any atom is -0.362 e. The molecule has 0 radical (unpaired) electrons. The molecule has 0 fully saturated rings. The van der Waals surface area contributed by atoms with Gasteiger partial charge in [0.2, 0.25) is 0 Å². The molecular formula is C14H27N. The van der Waals surface area contributed by atoms with Crippen LogP contribution in [0.4, 0.5) is 0 Å². The Bertz CT molecular complexity index is 285. The maximum Gasteiger partial charge on any atom is 0.0219 e. The van der Waals surface area contributed by atoms with Gasteiger partial charge in [0, 0.05) is 12.8 Å². The number of hydrogen-bond donors (Lipinski definition) is 1. The quantitative estimate of drug-likeness (QED) is 0.723. The van der Waals surface area contributed by atoms with Crippen molar-refractivity contribution in [1.29, 1.82) is 0 Å². The van der Waals surface area contributed by atoms with E-state index in [1.54, 1.807) is 0 Å². The Labute approximate surface area is 96.1 Å². The van der Waals surface area contributed by atoms with Crippen LogP contribution in [0.15, 0.2) is 12.1 Å². The molecule has 0 aliphatic rings. The van der Waals surface area contributed by atoms with Gasteiger partial charge in [0.25, 0.3) is 0 Å². The van der Waals surface area contributed by atoms with Crippen LogP contribution >= 0.6 is 0 Å². The Hall–Kier alpha value is -0.980. The Morgan fingerprint density at radius 1 is 1.27 bits per heavy atom. The molecule has 0 bridgehead atoms. The summed E-state index contributed by atoms with van der Waals surface area (Å²) >= 11 is 0. The summed E-state index contributed by atoms with van der Waals surface area (Å²) in [6.07, 6.45) is 7.93. The molecule has 15 heavy (non-hydrogen) atoms. The van der Waals surface area contributed by atoms with E-state index in [0.717, 1.165) is 6.42 Å². The highest BCUT2D eigenvalue weighted by Crippen LogP contribution is 2.12. The van der Waals surface area contributed by atoms with Gasteiger partial charge in [-0.25, -0.2) is 0 Å². The lowest BCUT2D eigenvalue weighted by Crippen LogP contribution is -1.81. The molecule has 88 valence electrons. The fraction of sp³-hybridized carbons (Fsp3) is 0.571. The van der Waals surface area contributed by atoms with Crippen molar-refractivity contribution in [3.63, 3.8) is 0 Å². The van der Waals surface area contributed by atoms with Gasteiger partial charge in [-0.05, 0) is 31.9 Å².